The Morgan fingerprint density at radius 2 is 1.73 bits per heavy atom. The van der Waals surface area contributed by atoms with E-state index in [9.17, 15) is 4.79 Å². The fourth-order valence-electron chi connectivity index (χ4n) is 3.47. The Labute approximate surface area is 189 Å². The summed E-state index contributed by atoms with van der Waals surface area (Å²) in [4.78, 5) is 14.8. The van der Waals surface area contributed by atoms with Crippen molar-refractivity contribution >= 4 is 39.3 Å². The predicted octanol–water partition coefficient (Wildman–Crippen LogP) is 4.42. The lowest BCUT2D eigenvalue weighted by atomic mass is 10.2. The molecular formula is C22H24BrN5OS. The second-order valence-corrected chi connectivity index (χ2v) is 9.16. The minimum atomic E-state index is -0.0577. The van der Waals surface area contributed by atoms with Gasteiger partial charge in [-0.25, -0.2) is 0 Å². The highest BCUT2D eigenvalue weighted by molar-refractivity contribution is 9.10. The molecule has 30 heavy (non-hydrogen) atoms. The van der Waals surface area contributed by atoms with E-state index in [-0.39, 0.29) is 11.7 Å². The lowest BCUT2D eigenvalue weighted by molar-refractivity contribution is -0.113. The number of hydrogen-bond donors (Lipinski definition) is 1. The fourth-order valence-corrected chi connectivity index (χ4v) is 4.49. The lowest BCUT2D eigenvalue weighted by Gasteiger charge is -2.16. The van der Waals surface area contributed by atoms with Crippen molar-refractivity contribution < 1.29 is 4.79 Å². The maximum atomic E-state index is 12.4. The van der Waals surface area contributed by atoms with E-state index in [4.69, 9.17) is 0 Å². The molecule has 0 saturated carbocycles. The summed E-state index contributed by atoms with van der Waals surface area (Å²) < 4.78 is 3.13. The number of nitrogens with one attached hydrogen (secondary N) is 1. The third-order valence-corrected chi connectivity index (χ3v) is 6.50. The molecule has 2 heterocycles. The molecule has 1 saturated heterocycles. The molecule has 0 bridgehead atoms. The van der Waals surface area contributed by atoms with Crippen LogP contribution in [0.3, 0.4) is 0 Å². The monoisotopic (exact) mass is 485 g/mol. The highest BCUT2D eigenvalue weighted by Crippen LogP contribution is 2.22. The zero-order valence-electron chi connectivity index (χ0n) is 16.6. The first-order valence-electron chi connectivity index (χ1n) is 10.0. The Balaban J connectivity index is 1.45. The summed E-state index contributed by atoms with van der Waals surface area (Å²) in [6.45, 7) is 3.71. The number of nitrogens with zero attached hydrogens (tertiary/aromatic N) is 4. The van der Waals surface area contributed by atoms with E-state index in [2.05, 4.69) is 53.0 Å². The zero-order chi connectivity index (χ0) is 20.8. The van der Waals surface area contributed by atoms with Gasteiger partial charge in [0.2, 0.25) is 5.91 Å². The number of aromatic nitrogens is 3. The SMILES string of the molecule is O=C(CSc1nnc(CN2CCCC2)n1Cc1ccccc1)Nc1ccc(Br)cc1. The van der Waals surface area contributed by atoms with E-state index < -0.39 is 0 Å². The number of hydrogen-bond acceptors (Lipinski definition) is 5. The van der Waals surface area contributed by atoms with Crippen LogP contribution >= 0.6 is 27.7 Å². The minimum Gasteiger partial charge on any atom is -0.325 e. The first kappa shape index (κ1) is 21.1. The van der Waals surface area contributed by atoms with Gasteiger partial charge in [0.05, 0.1) is 18.8 Å². The summed E-state index contributed by atoms with van der Waals surface area (Å²) in [5.41, 5.74) is 1.98. The van der Waals surface area contributed by atoms with E-state index in [0.717, 1.165) is 40.8 Å². The molecular weight excluding hydrogens is 462 g/mol. The molecule has 0 radical (unpaired) electrons. The van der Waals surface area contributed by atoms with Crippen molar-refractivity contribution in [2.75, 3.05) is 24.2 Å². The van der Waals surface area contributed by atoms with Crippen molar-refractivity contribution in [1.82, 2.24) is 19.7 Å². The van der Waals surface area contributed by atoms with Gasteiger partial charge >= 0.3 is 0 Å². The summed E-state index contributed by atoms with van der Waals surface area (Å²) >= 11 is 4.83. The Hall–Kier alpha value is -2.16. The van der Waals surface area contributed by atoms with E-state index in [1.54, 1.807) is 0 Å². The van der Waals surface area contributed by atoms with Crippen LogP contribution in [0.5, 0.6) is 0 Å². The highest BCUT2D eigenvalue weighted by Gasteiger charge is 2.19. The van der Waals surface area contributed by atoms with E-state index in [1.807, 2.05) is 42.5 Å². The van der Waals surface area contributed by atoms with Crippen LogP contribution in [0.2, 0.25) is 0 Å². The molecule has 4 rings (SSSR count). The van der Waals surface area contributed by atoms with Crippen LogP contribution in [0, 0.1) is 0 Å². The standard InChI is InChI=1S/C22H24BrN5OS/c23-18-8-10-19(11-9-18)24-21(29)16-30-22-26-25-20(15-27-12-4-5-13-27)28(22)14-17-6-2-1-3-7-17/h1-3,6-11H,4-5,12-16H2,(H,24,29). The fraction of sp³-hybridized carbons (Fsp3) is 0.318. The Morgan fingerprint density at radius 3 is 2.47 bits per heavy atom. The maximum absolute atomic E-state index is 12.4. The van der Waals surface area contributed by atoms with Gasteiger partial charge in [-0.2, -0.15) is 0 Å². The van der Waals surface area contributed by atoms with Gasteiger partial charge in [-0.05, 0) is 55.8 Å². The largest absolute Gasteiger partial charge is 0.325 e. The van der Waals surface area contributed by atoms with Crippen molar-refractivity contribution in [1.29, 1.82) is 0 Å². The van der Waals surface area contributed by atoms with Gasteiger partial charge in [0.15, 0.2) is 5.16 Å². The number of carbonyl (C=O) groups is 1. The van der Waals surface area contributed by atoms with Gasteiger partial charge in [-0.1, -0.05) is 58.0 Å². The number of carbonyl (C=O) groups excluding carboxylic acids is 1. The Bertz CT molecular complexity index is 971. The number of halogens is 1. The van der Waals surface area contributed by atoms with E-state index in [1.165, 1.54) is 30.2 Å². The summed E-state index contributed by atoms with van der Waals surface area (Å²) in [5, 5.41) is 12.6. The van der Waals surface area contributed by atoms with Crippen LogP contribution in [0.4, 0.5) is 5.69 Å². The first-order chi connectivity index (χ1) is 14.7. The van der Waals surface area contributed by atoms with E-state index >= 15 is 0 Å². The minimum absolute atomic E-state index is 0.0577. The summed E-state index contributed by atoms with van der Waals surface area (Å²) in [5.74, 6) is 1.18. The van der Waals surface area contributed by atoms with Crippen molar-refractivity contribution in [3.63, 3.8) is 0 Å². The van der Waals surface area contributed by atoms with E-state index in [0.29, 0.717) is 6.54 Å². The molecule has 6 nitrogen and oxygen atoms in total. The molecule has 1 fully saturated rings. The molecule has 3 aromatic rings. The topological polar surface area (TPSA) is 63.1 Å². The normalized spacial score (nSPS) is 14.2. The van der Waals surface area contributed by atoms with Gasteiger partial charge in [-0.15, -0.1) is 10.2 Å². The van der Waals surface area contributed by atoms with Gasteiger partial charge < -0.3 is 9.88 Å². The number of rotatable bonds is 8. The number of benzene rings is 2. The first-order valence-corrected chi connectivity index (χ1v) is 11.8. The van der Waals surface area contributed by atoms with Crippen LogP contribution in [0.15, 0.2) is 64.2 Å². The highest BCUT2D eigenvalue weighted by atomic mass is 79.9. The molecule has 1 aliphatic rings. The smallest absolute Gasteiger partial charge is 0.234 e. The van der Waals surface area contributed by atoms with Crippen molar-refractivity contribution in [3.8, 4) is 0 Å². The summed E-state index contributed by atoms with van der Waals surface area (Å²) in [6, 6.07) is 17.9. The number of likely N-dealkylation sites (tertiary alicyclic amines) is 1. The number of amides is 1. The molecule has 1 aromatic heterocycles. The number of anilines is 1. The van der Waals surface area contributed by atoms with Crippen LogP contribution in [-0.4, -0.2) is 44.4 Å². The van der Waals surface area contributed by atoms with Gasteiger partial charge in [0, 0.05) is 10.2 Å². The van der Waals surface area contributed by atoms with Gasteiger partial charge in [0.1, 0.15) is 5.82 Å². The number of thioether (sulfide) groups is 1. The van der Waals surface area contributed by atoms with Crippen molar-refractivity contribution in [3.05, 3.63) is 70.5 Å². The molecule has 0 unspecified atom stereocenters. The summed E-state index contributed by atoms with van der Waals surface area (Å²) in [6.07, 6.45) is 2.48. The maximum Gasteiger partial charge on any atom is 0.234 e. The van der Waals surface area contributed by atoms with Crippen LogP contribution in [-0.2, 0) is 17.9 Å². The average molecular weight is 486 g/mol. The third kappa shape index (κ3) is 5.71. The molecule has 1 N–H and O–H groups in total. The Morgan fingerprint density at radius 1 is 1.00 bits per heavy atom. The zero-order valence-corrected chi connectivity index (χ0v) is 19.0. The third-order valence-electron chi connectivity index (χ3n) is 5.00. The molecule has 0 spiro atoms. The second-order valence-electron chi connectivity index (χ2n) is 7.30. The molecule has 2 aromatic carbocycles. The average Bonchev–Trinajstić information content (AvgIpc) is 3.40. The molecule has 8 heteroatoms. The van der Waals surface area contributed by atoms with Crippen molar-refractivity contribution in [2.24, 2.45) is 0 Å². The van der Waals surface area contributed by atoms with Gasteiger partial charge in [0.25, 0.3) is 0 Å². The van der Waals surface area contributed by atoms with Gasteiger partial charge in [-0.3, -0.25) is 9.69 Å². The quantitative estimate of drug-likeness (QED) is 0.478. The van der Waals surface area contributed by atoms with Crippen LogP contribution in [0.1, 0.15) is 24.2 Å². The molecule has 0 atom stereocenters. The lowest BCUT2D eigenvalue weighted by Crippen LogP contribution is -2.22. The Kier molecular flexibility index (Phi) is 7.20. The second kappa shape index (κ2) is 10.2. The molecule has 1 amide bonds. The summed E-state index contributed by atoms with van der Waals surface area (Å²) in [7, 11) is 0. The molecule has 0 aliphatic carbocycles. The molecule has 156 valence electrons. The molecule has 1 aliphatic heterocycles. The van der Waals surface area contributed by atoms with Crippen molar-refractivity contribution in [2.45, 2.75) is 31.1 Å². The predicted molar refractivity (Wildman–Crippen MR) is 124 cm³/mol. The van der Waals surface area contributed by atoms with Crippen LogP contribution in [0.25, 0.3) is 0 Å². The van der Waals surface area contributed by atoms with Crippen LogP contribution < -0.4 is 5.32 Å².